The first-order chi connectivity index (χ1) is 22.0. The molecule has 0 aromatic heterocycles. The lowest BCUT2D eigenvalue weighted by Gasteiger charge is -2.46. The highest BCUT2D eigenvalue weighted by atomic mass is 16.6. The van der Waals surface area contributed by atoms with E-state index in [2.05, 4.69) is 31.4 Å². The highest BCUT2D eigenvalue weighted by molar-refractivity contribution is 5.70. The summed E-state index contributed by atoms with van der Waals surface area (Å²) in [4.78, 5) is 48.8. The predicted octanol–water partition coefficient (Wildman–Crippen LogP) is 6.71. The Morgan fingerprint density at radius 3 is 1.98 bits per heavy atom. The highest BCUT2D eigenvalue weighted by Gasteiger charge is 2.42. The molecule has 46 heavy (non-hydrogen) atoms. The monoisotopic (exact) mass is 638 g/mol. The van der Waals surface area contributed by atoms with Gasteiger partial charge in [0.05, 0.1) is 13.2 Å². The molecule has 252 valence electrons. The molecule has 1 aliphatic rings. The molecule has 1 fully saturated rings. The fourth-order valence-electron chi connectivity index (χ4n) is 6.33. The molecule has 0 heterocycles. The van der Waals surface area contributed by atoms with Crippen molar-refractivity contribution in [1.82, 2.24) is 10.6 Å². The van der Waals surface area contributed by atoms with Gasteiger partial charge in [-0.1, -0.05) is 81.4 Å². The van der Waals surface area contributed by atoms with E-state index in [0.29, 0.717) is 38.8 Å². The number of carbonyl (C=O) groups excluding carboxylic acids is 4. The average Bonchev–Trinajstić information content (AvgIpc) is 3.01. The lowest BCUT2D eigenvalue weighted by molar-refractivity contribution is -0.146. The molecule has 10 nitrogen and oxygen atoms in total. The maximum atomic E-state index is 12.6. The van der Waals surface area contributed by atoms with Crippen LogP contribution in [0.1, 0.15) is 83.3 Å². The zero-order valence-electron chi connectivity index (χ0n) is 27.5. The van der Waals surface area contributed by atoms with Crippen molar-refractivity contribution in [3.8, 4) is 0 Å². The van der Waals surface area contributed by atoms with Crippen LogP contribution in [0.25, 0.3) is 0 Å². The smallest absolute Gasteiger partial charge is 0.407 e. The molecule has 0 saturated heterocycles. The van der Waals surface area contributed by atoms with Gasteiger partial charge in [-0.25, -0.2) is 9.59 Å². The third-order valence-electron chi connectivity index (χ3n) is 7.96. The molecule has 2 aromatic carbocycles. The average molecular weight is 639 g/mol. The van der Waals surface area contributed by atoms with Crippen molar-refractivity contribution >= 4 is 24.1 Å². The van der Waals surface area contributed by atoms with Crippen molar-refractivity contribution in [2.24, 2.45) is 16.7 Å². The molecule has 2 N–H and O–H groups in total. The van der Waals surface area contributed by atoms with Gasteiger partial charge in [0.1, 0.15) is 13.2 Å². The van der Waals surface area contributed by atoms with E-state index in [0.717, 1.165) is 30.4 Å². The predicted molar refractivity (Wildman–Crippen MR) is 173 cm³/mol. The Kier molecular flexibility index (Phi) is 14.9. The molecule has 1 aliphatic carbocycles. The van der Waals surface area contributed by atoms with Gasteiger partial charge in [0.2, 0.25) is 0 Å². The summed E-state index contributed by atoms with van der Waals surface area (Å²) in [5, 5.41) is 5.54. The molecule has 10 heteroatoms. The second kappa shape index (κ2) is 18.8. The van der Waals surface area contributed by atoms with Gasteiger partial charge in [-0.15, -0.1) is 0 Å². The van der Waals surface area contributed by atoms with Crippen LogP contribution in [0.15, 0.2) is 60.7 Å². The van der Waals surface area contributed by atoms with Gasteiger partial charge in [-0.3, -0.25) is 9.59 Å². The van der Waals surface area contributed by atoms with Crippen molar-refractivity contribution in [2.75, 3.05) is 26.3 Å². The minimum absolute atomic E-state index is 0.00440. The molecular weight excluding hydrogens is 588 g/mol. The minimum Gasteiger partial charge on any atom is -0.466 e. The van der Waals surface area contributed by atoms with Crippen LogP contribution in [-0.4, -0.2) is 50.4 Å². The largest absolute Gasteiger partial charge is 0.466 e. The first-order valence-electron chi connectivity index (χ1n) is 16.2. The molecular formula is C36H50N2O8. The van der Waals surface area contributed by atoms with Crippen LogP contribution < -0.4 is 10.6 Å². The summed E-state index contributed by atoms with van der Waals surface area (Å²) in [7, 11) is 0. The maximum Gasteiger partial charge on any atom is 0.407 e. The number of hydrogen-bond acceptors (Lipinski definition) is 8. The maximum absolute atomic E-state index is 12.6. The number of alkyl carbamates (subject to hydrolysis) is 2. The lowest BCUT2D eigenvalue weighted by Crippen LogP contribution is -2.44. The van der Waals surface area contributed by atoms with Crippen molar-refractivity contribution < 1.29 is 38.1 Å². The van der Waals surface area contributed by atoms with E-state index in [4.69, 9.17) is 18.9 Å². The van der Waals surface area contributed by atoms with E-state index in [1.165, 1.54) is 0 Å². The van der Waals surface area contributed by atoms with Crippen LogP contribution in [0, 0.1) is 16.7 Å². The Bertz CT molecular complexity index is 1240. The van der Waals surface area contributed by atoms with Crippen LogP contribution in [0.2, 0.25) is 0 Å². The minimum atomic E-state index is -0.517. The third kappa shape index (κ3) is 14.8. The Morgan fingerprint density at radius 2 is 1.30 bits per heavy atom. The second-order valence-corrected chi connectivity index (χ2v) is 13.3. The zero-order valence-corrected chi connectivity index (χ0v) is 27.5. The van der Waals surface area contributed by atoms with Gasteiger partial charge in [-0.05, 0) is 66.4 Å². The van der Waals surface area contributed by atoms with E-state index < -0.39 is 12.2 Å². The Hall–Kier alpha value is -4.08. The molecule has 0 spiro atoms. The summed E-state index contributed by atoms with van der Waals surface area (Å²) in [6.45, 7) is 8.16. The molecule has 2 amide bonds. The summed E-state index contributed by atoms with van der Waals surface area (Å²) in [6.07, 6.45) is 3.83. The van der Waals surface area contributed by atoms with Gasteiger partial charge in [0, 0.05) is 25.9 Å². The van der Waals surface area contributed by atoms with E-state index in [9.17, 15) is 19.2 Å². The molecule has 0 bridgehead atoms. The number of rotatable bonds is 17. The first-order valence-corrected chi connectivity index (χ1v) is 16.2. The van der Waals surface area contributed by atoms with Gasteiger partial charge in [0.15, 0.2) is 0 Å². The SMILES string of the molecule is CC1(C)CC(CC(=O)OCCCCC(=O)OCc2ccccc2)CC(C)(CNC(=O)OCCCNC(=O)OCc2ccccc2)C1. The number of benzene rings is 2. The van der Waals surface area contributed by atoms with Crippen LogP contribution in [0.5, 0.6) is 0 Å². The van der Waals surface area contributed by atoms with E-state index in [1.54, 1.807) is 0 Å². The number of carbonyl (C=O) groups is 4. The van der Waals surface area contributed by atoms with Gasteiger partial charge in [-0.2, -0.15) is 0 Å². The van der Waals surface area contributed by atoms with E-state index in [1.807, 2.05) is 60.7 Å². The number of unbranched alkanes of at least 4 members (excludes halogenated alkanes) is 1. The summed E-state index contributed by atoms with van der Waals surface area (Å²) in [5.74, 6) is -0.355. The van der Waals surface area contributed by atoms with Crippen molar-refractivity contribution in [1.29, 1.82) is 0 Å². The number of hydrogen-bond donors (Lipinski definition) is 2. The molecule has 1 saturated carbocycles. The van der Waals surface area contributed by atoms with Crippen molar-refractivity contribution in [3.05, 3.63) is 71.8 Å². The van der Waals surface area contributed by atoms with Crippen molar-refractivity contribution in [2.45, 2.75) is 85.4 Å². The van der Waals surface area contributed by atoms with Gasteiger partial charge < -0.3 is 29.6 Å². The number of esters is 2. The van der Waals surface area contributed by atoms with Crippen LogP contribution in [0.4, 0.5) is 9.59 Å². The third-order valence-corrected chi connectivity index (χ3v) is 7.96. The zero-order chi connectivity index (χ0) is 33.3. The molecule has 3 rings (SSSR count). The number of nitrogens with one attached hydrogen (secondary N) is 2. The Morgan fingerprint density at radius 1 is 0.696 bits per heavy atom. The molecule has 0 radical (unpaired) electrons. The van der Waals surface area contributed by atoms with Gasteiger partial charge in [0.25, 0.3) is 0 Å². The van der Waals surface area contributed by atoms with Crippen LogP contribution in [-0.2, 0) is 41.8 Å². The second-order valence-electron chi connectivity index (χ2n) is 13.3. The summed E-state index contributed by atoms with van der Waals surface area (Å²) >= 11 is 0. The number of ether oxygens (including phenoxy) is 4. The molecule has 2 atom stereocenters. The van der Waals surface area contributed by atoms with Crippen LogP contribution in [0.3, 0.4) is 0 Å². The summed E-state index contributed by atoms with van der Waals surface area (Å²) in [6, 6.07) is 19.0. The molecule has 2 aromatic rings. The summed E-state index contributed by atoms with van der Waals surface area (Å²) in [5.41, 5.74) is 1.66. The quantitative estimate of drug-likeness (QED) is 0.111. The standard InChI is InChI=1S/C36H50N2O8/c1-35(2)22-30(21-32(40)43-19-11-10-17-31(39)45-24-28-13-6-4-7-14-28)23-36(3,26-35)27-38-34(42)44-20-12-18-37-33(41)46-25-29-15-8-5-9-16-29/h4-9,13-16,30H,10-12,17-27H2,1-3H3,(H,37,41)(H,38,42). The van der Waals surface area contributed by atoms with Crippen molar-refractivity contribution in [3.63, 3.8) is 0 Å². The lowest BCUT2D eigenvalue weighted by atomic mass is 9.60. The highest BCUT2D eigenvalue weighted by Crippen LogP contribution is 2.49. The Labute approximate surface area is 272 Å². The van der Waals surface area contributed by atoms with Gasteiger partial charge >= 0.3 is 24.1 Å². The molecule has 2 unspecified atom stereocenters. The fraction of sp³-hybridized carbons (Fsp3) is 0.556. The molecule has 0 aliphatic heterocycles. The van der Waals surface area contributed by atoms with Crippen LogP contribution >= 0.6 is 0 Å². The first kappa shape index (κ1) is 36.4. The Balaban J connectivity index is 1.26. The summed E-state index contributed by atoms with van der Waals surface area (Å²) < 4.78 is 21.2. The fourth-order valence-corrected chi connectivity index (χ4v) is 6.33. The van der Waals surface area contributed by atoms with E-state index >= 15 is 0 Å². The number of amides is 2. The van der Waals surface area contributed by atoms with E-state index in [-0.39, 0.29) is 61.5 Å². The topological polar surface area (TPSA) is 129 Å². The normalized spacial score (nSPS) is 18.5.